The maximum absolute atomic E-state index is 10.4. The van der Waals surface area contributed by atoms with E-state index in [0.29, 0.717) is 5.56 Å². The molecule has 0 aliphatic rings. The Hall–Kier alpha value is -1.71. The van der Waals surface area contributed by atoms with Gasteiger partial charge >= 0.3 is 0 Å². The number of nitrogens with zero attached hydrogens (tertiary/aromatic N) is 2. The van der Waals surface area contributed by atoms with E-state index >= 15 is 0 Å². The van der Waals surface area contributed by atoms with E-state index in [0.717, 1.165) is 0 Å². The Labute approximate surface area is 69.7 Å². The van der Waals surface area contributed by atoms with Gasteiger partial charge < -0.3 is 0 Å². The molecule has 12 heavy (non-hydrogen) atoms. The number of hydrogen-bond acceptors (Lipinski definition) is 3. The first-order valence-electron chi connectivity index (χ1n) is 3.41. The molecule has 0 bridgehead atoms. The number of nitro groups is 1. The summed E-state index contributed by atoms with van der Waals surface area (Å²) < 4.78 is 0. The van der Waals surface area contributed by atoms with Gasteiger partial charge in [0, 0.05) is 19.3 Å². The summed E-state index contributed by atoms with van der Waals surface area (Å²) in [6.07, 6.45) is 1.47. The van der Waals surface area contributed by atoms with Crippen molar-refractivity contribution in [2.45, 2.75) is 0 Å². The van der Waals surface area contributed by atoms with Crippen molar-refractivity contribution in [3.63, 3.8) is 0 Å². The van der Waals surface area contributed by atoms with E-state index in [1.54, 1.807) is 25.2 Å². The predicted octanol–water partition coefficient (Wildman–Crippen LogP) is 1.64. The van der Waals surface area contributed by atoms with Gasteiger partial charge in [-0.15, -0.1) is 0 Å². The maximum atomic E-state index is 10.4. The highest BCUT2D eigenvalue weighted by atomic mass is 16.6. The van der Waals surface area contributed by atoms with E-state index in [1.807, 2.05) is 0 Å². The molecule has 0 N–H and O–H groups in total. The Balaban J connectivity index is 3.17. The number of aliphatic imine (C=N–C) groups is 1. The summed E-state index contributed by atoms with van der Waals surface area (Å²) in [5.74, 6) is 0. The van der Waals surface area contributed by atoms with Crippen molar-refractivity contribution in [1.29, 1.82) is 0 Å². The first kappa shape index (κ1) is 8.39. The molecule has 0 aromatic heterocycles. The van der Waals surface area contributed by atoms with Crippen LogP contribution in [-0.4, -0.2) is 18.2 Å². The van der Waals surface area contributed by atoms with Crippen LogP contribution in [0.4, 0.5) is 5.69 Å². The molecular weight excluding hydrogens is 156 g/mol. The van der Waals surface area contributed by atoms with Crippen molar-refractivity contribution >= 4 is 11.9 Å². The third-order valence-corrected chi connectivity index (χ3v) is 1.40. The van der Waals surface area contributed by atoms with Crippen LogP contribution in [0.25, 0.3) is 0 Å². The average Bonchev–Trinajstić information content (AvgIpc) is 2.05. The van der Waals surface area contributed by atoms with Gasteiger partial charge in [-0.2, -0.15) is 0 Å². The first-order valence-corrected chi connectivity index (χ1v) is 3.41. The summed E-state index contributed by atoms with van der Waals surface area (Å²) in [7, 11) is 1.58. The van der Waals surface area contributed by atoms with Gasteiger partial charge in [0.1, 0.15) is 0 Å². The van der Waals surface area contributed by atoms with Crippen LogP contribution in [-0.2, 0) is 0 Å². The zero-order chi connectivity index (χ0) is 8.97. The molecule has 0 radical (unpaired) electrons. The highest BCUT2D eigenvalue weighted by Gasteiger charge is 2.08. The van der Waals surface area contributed by atoms with E-state index < -0.39 is 4.92 Å². The summed E-state index contributed by atoms with van der Waals surface area (Å²) in [4.78, 5) is 13.7. The largest absolute Gasteiger partial charge is 0.296 e. The summed E-state index contributed by atoms with van der Waals surface area (Å²) in [6, 6.07) is 6.48. The van der Waals surface area contributed by atoms with Gasteiger partial charge in [0.2, 0.25) is 0 Å². The predicted molar refractivity (Wildman–Crippen MR) is 46.6 cm³/mol. The number of hydrogen-bond donors (Lipinski definition) is 0. The summed E-state index contributed by atoms with van der Waals surface area (Å²) in [5, 5.41) is 10.4. The second kappa shape index (κ2) is 3.61. The third-order valence-electron chi connectivity index (χ3n) is 1.40. The quantitative estimate of drug-likeness (QED) is 0.379. The lowest BCUT2D eigenvalue weighted by Gasteiger charge is -1.94. The average molecular weight is 164 g/mol. The van der Waals surface area contributed by atoms with Crippen molar-refractivity contribution < 1.29 is 4.92 Å². The number of para-hydroxylation sites is 1. The SMILES string of the molecule is CN=Cc1ccccc1[N+](=O)[O-]. The normalized spacial score (nSPS) is 10.4. The Morgan fingerprint density at radius 3 is 2.75 bits per heavy atom. The molecule has 0 heterocycles. The molecule has 0 aliphatic heterocycles. The van der Waals surface area contributed by atoms with Crippen molar-refractivity contribution in [3.05, 3.63) is 39.9 Å². The standard InChI is InChI=1S/C8H8N2O2/c1-9-6-7-4-2-3-5-8(7)10(11)12/h2-6H,1H3. The Kier molecular flexibility index (Phi) is 2.53. The molecule has 0 aliphatic carbocycles. The summed E-state index contributed by atoms with van der Waals surface area (Å²) >= 11 is 0. The molecule has 1 aromatic rings. The lowest BCUT2D eigenvalue weighted by Crippen LogP contribution is -1.93. The number of rotatable bonds is 2. The monoisotopic (exact) mass is 164 g/mol. The van der Waals surface area contributed by atoms with Gasteiger partial charge in [-0.25, -0.2) is 0 Å². The number of nitro benzene ring substituents is 1. The maximum Gasteiger partial charge on any atom is 0.278 e. The van der Waals surface area contributed by atoms with Crippen molar-refractivity contribution in [2.24, 2.45) is 4.99 Å². The van der Waals surface area contributed by atoms with Crippen LogP contribution in [0, 0.1) is 10.1 Å². The molecule has 0 amide bonds. The van der Waals surface area contributed by atoms with Crippen molar-refractivity contribution in [3.8, 4) is 0 Å². The minimum atomic E-state index is -0.420. The van der Waals surface area contributed by atoms with Gasteiger partial charge in [0.05, 0.1) is 10.5 Å². The lowest BCUT2D eigenvalue weighted by atomic mass is 10.2. The van der Waals surface area contributed by atoms with Gasteiger partial charge in [-0.05, 0) is 6.07 Å². The smallest absolute Gasteiger partial charge is 0.278 e. The Morgan fingerprint density at radius 2 is 2.17 bits per heavy atom. The molecule has 4 nitrogen and oxygen atoms in total. The fourth-order valence-corrected chi connectivity index (χ4v) is 0.902. The topological polar surface area (TPSA) is 55.5 Å². The zero-order valence-corrected chi connectivity index (χ0v) is 6.60. The highest BCUT2D eigenvalue weighted by molar-refractivity contribution is 5.84. The summed E-state index contributed by atoms with van der Waals surface area (Å²) in [5.41, 5.74) is 0.619. The van der Waals surface area contributed by atoms with E-state index in [2.05, 4.69) is 4.99 Å². The van der Waals surface area contributed by atoms with E-state index in [1.165, 1.54) is 12.3 Å². The fraction of sp³-hybridized carbons (Fsp3) is 0.125. The molecule has 0 saturated heterocycles. The Bertz CT molecular complexity index is 321. The van der Waals surface area contributed by atoms with Crippen LogP contribution in [0.5, 0.6) is 0 Å². The minimum absolute atomic E-state index is 0.0862. The van der Waals surface area contributed by atoms with Gasteiger partial charge in [0.25, 0.3) is 5.69 Å². The van der Waals surface area contributed by atoms with Gasteiger partial charge in [-0.1, -0.05) is 12.1 Å². The summed E-state index contributed by atoms with van der Waals surface area (Å²) in [6.45, 7) is 0. The van der Waals surface area contributed by atoms with Crippen molar-refractivity contribution in [1.82, 2.24) is 0 Å². The molecule has 0 saturated carbocycles. The van der Waals surface area contributed by atoms with Crippen LogP contribution < -0.4 is 0 Å². The lowest BCUT2D eigenvalue weighted by molar-refractivity contribution is -0.385. The van der Waals surface area contributed by atoms with Crippen LogP contribution in [0.1, 0.15) is 5.56 Å². The number of benzene rings is 1. The molecule has 4 heteroatoms. The van der Waals surface area contributed by atoms with Gasteiger partial charge in [0.15, 0.2) is 0 Å². The molecule has 0 fully saturated rings. The minimum Gasteiger partial charge on any atom is -0.296 e. The van der Waals surface area contributed by atoms with E-state index in [9.17, 15) is 10.1 Å². The molecule has 62 valence electrons. The zero-order valence-electron chi connectivity index (χ0n) is 6.60. The fourth-order valence-electron chi connectivity index (χ4n) is 0.902. The molecule has 1 rings (SSSR count). The van der Waals surface area contributed by atoms with Crippen LogP contribution in [0.15, 0.2) is 29.3 Å². The molecule has 1 aromatic carbocycles. The van der Waals surface area contributed by atoms with Crippen LogP contribution >= 0.6 is 0 Å². The van der Waals surface area contributed by atoms with Gasteiger partial charge in [-0.3, -0.25) is 15.1 Å². The third kappa shape index (κ3) is 1.66. The van der Waals surface area contributed by atoms with E-state index in [4.69, 9.17) is 0 Å². The van der Waals surface area contributed by atoms with Crippen LogP contribution in [0.3, 0.4) is 0 Å². The van der Waals surface area contributed by atoms with E-state index in [-0.39, 0.29) is 5.69 Å². The molecule has 0 spiro atoms. The Morgan fingerprint density at radius 1 is 1.50 bits per heavy atom. The highest BCUT2D eigenvalue weighted by Crippen LogP contribution is 2.14. The molecule has 0 atom stereocenters. The van der Waals surface area contributed by atoms with Crippen LogP contribution in [0.2, 0.25) is 0 Å². The second-order valence-electron chi connectivity index (χ2n) is 2.20. The molecule has 0 unspecified atom stereocenters. The van der Waals surface area contributed by atoms with Crippen molar-refractivity contribution in [2.75, 3.05) is 7.05 Å². The molecular formula is C8H8N2O2. The second-order valence-corrected chi connectivity index (χ2v) is 2.20. The first-order chi connectivity index (χ1) is 5.75.